The highest BCUT2D eigenvalue weighted by Crippen LogP contribution is 2.36. The zero-order valence-electron chi connectivity index (χ0n) is 7.13. The van der Waals surface area contributed by atoms with Crippen LogP contribution in [0.1, 0.15) is 11.1 Å². The smallest absolute Gasteiger partial charge is 0.204 e. The first-order valence-electron chi connectivity index (χ1n) is 3.66. The van der Waals surface area contributed by atoms with Gasteiger partial charge in [-0.25, -0.2) is 13.2 Å². The van der Waals surface area contributed by atoms with Crippen LogP contribution in [0.5, 0.6) is 0 Å². The number of hydrogen-bond donors (Lipinski definition) is 0. The number of alkyl halides is 3. The van der Waals surface area contributed by atoms with E-state index in [0.717, 1.165) is 0 Å². The molecule has 0 bridgehead atoms. The monoisotopic (exact) mass is 226 g/mol. The third kappa shape index (κ3) is 1.98. The van der Waals surface area contributed by atoms with Crippen molar-refractivity contribution >= 4 is 6.08 Å². The molecule has 0 aliphatic carbocycles. The van der Waals surface area contributed by atoms with E-state index in [9.17, 15) is 26.3 Å². The van der Waals surface area contributed by atoms with Gasteiger partial charge in [-0.15, -0.1) is 0 Å². The molecule has 6 heteroatoms. The van der Waals surface area contributed by atoms with Crippen molar-refractivity contribution in [2.45, 2.75) is 6.18 Å². The molecule has 0 amide bonds. The summed E-state index contributed by atoms with van der Waals surface area (Å²) in [5.41, 5.74) is -2.68. The van der Waals surface area contributed by atoms with Crippen molar-refractivity contribution in [3.8, 4) is 0 Å². The van der Waals surface area contributed by atoms with Crippen molar-refractivity contribution in [2.75, 3.05) is 0 Å². The van der Waals surface area contributed by atoms with Gasteiger partial charge in [-0.2, -0.15) is 13.2 Å². The van der Waals surface area contributed by atoms with Crippen LogP contribution in [0.4, 0.5) is 26.3 Å². The van der Waals surface area contributed by atoms with E-state index in [0.29, 0.717) is 6.08 Å². The number of halogens is 6. The standard InChI is InChI=1S/C9H4F6/c1-2-4-3-5(10)7(11)8(12)6(4)9(13,14)15/h2-3H,1H2. The second-order valence-electron chi connectivity index (χ2n) is 2.65. The molecule has 1 aromatic rings. The van der Waals surface area contributed by atoms with Gasteiger partial charge in [0.1, 0.15) is 5.56 Å². The molecule has 0 aliphatic rings. The minimum atomic E-state index is -5.10. The summed E-state index contributed by atoms with van der Waals surface area (Å²) in [4.78, 5) is 0. The maximum Gasteiger partial charge on any atom is 0.419 e. The average Bonchev–Trinajstić information content (AvgIpc) is 2.11. The van der Waals surface area contributed by atoms with Gasteiger partial charge in [0.25, 0.3) is 0 Å². The van der Waals surface area contributed by atoms with Gasteiger partial charge < -0.3 is 0 Å². The Hall–Kier alpha value is -1.46. The predicted octanol–water partition coefficient (Wildman–Crippen LogP) is 3.77. The topological polar surface area (TPSA) is 0 Å². The minimum absolute atomic E-state index is 0.244. The lowest BCUT2D eigenvalue weighted by Gasteiger charge is -2.12. The largest absolute Gasteiger partial charge is 0.419 e. The van der Waals surface area contributed by atoms with Crippen LogP contribution in [0.25, 0.3) is 6.08 Å². The molecule has 0 fully saturated rings. The van der Waals surface area contributed by atoms with Crippen LogP contribution in [0, 0.1) is 17.5 Å². The SMILES string of the molecule is C=Cc1cc(F)c(F)c(F)c1C(F)(F)F. The molecule has 0 spiro atoms. The van der Waals surface area contributed by atoms with Crippen molar-refractivity contribution < 1.29 is 26.3 Å². The summed E-state index contributed by atoms with van der Waals surface area (Å²) in [7, 11) is 0. The molecule has 1 aromatic carbocycles. The van der Waals surface area contributed by atoms with Crippen LogP contribution in [0.3, 0.4) is 0 Å². The average molecular weight is 226 g/mol. The Labute approximate surface area is 80.8 Å². The maximum atomic E-state index is 12.8. The normalized spacial score (nSPS) is 11.6. The third-order valence-electron chi connectivity index (χ3n) is 1.70. The molecule has 82 valence electrons. The molecule has 0 saturated heterocycles. The van der Waals surface area contributed by atoms with Crippen LogP contribution in [0.15, 0.2) is 12.6 Å². The highest BCUT2D eigenvalue weighted by molar-refractivity contribution is 5.53. The van der Waals surface area contributed by atoms with Gasteiger partial charge in [-0.1, -0.05) is 12.7 Å². The second-order valence-corrected chi connectivity index (χ2v) is 2.65. The first-order chi connectivity index (χ1) is 6.79. The van der Waals surface area contributed by atoms with Crippen molar-refractivity contribution in [3.05, 3.63) is 41.2 Å². The molecule has 1 rings (SSSR count). The van der Waals surface area contributed by atoms with Crippen LogP contribution in [0.2, 0.25) is 0 Å². The Balaban J connectivity index is 3.62. The van der Waals surface area contributed by atoms with Gasteiger partial charge in [0.2, 0.25) is 0 Å². The van der Waals surface area contributed by atoms with Crippen LogP contribution in [-0.4, -0.2) is 0 Å². The fourth-order valence-electron chi connectivity index (χ4n) is 1.06. The lowest BCUT2D eigenvalue weighted by molar-refractivity contribution is -0.140. The lowest BCUT2D eigenvalue weighted by Crippen LogP contribution is -2.13. The Bertz CT molecular complexity index is 404. The molecule has 0 nitrogen and oxygen atoms in total. The van der Waals surface area contributed by atoms with Gasteiger partial charge in [0.15, 0.2) is 17.5 Å². The van der Waals surface area contributed by atoms with Crippen LogP contribution >= 0.6 is 0 Å². The summed E-state index contributed by atoms with van der Waals surface area (Å²) in [6.07, 6.45) is -4.49. The van der Waals surface area contributed by atoms with E-state index in [1.54, 1.807) is 0 Å². The number of benzene rings is 1. The van der Waals surface area contributed by atoms with E-state index in [-0.39, 0.29) is 6.07 Å². The molecule has 0 atom stereocenters. The van der Waals surface area contributed by atoms with E-state index < -0.39 is 34.8 Å². The number of rotatable bonds is 1. The summed E-state index contributed by atoms with van der Waals surface area (Å²) in [5.74, 6) is -6.08. The highest BCUT2D eigenvalue weighted by atomic mass is 19.4. The summed E-state index contributed by atoms with van der Waals surface area (Å²) in [6.45, 7) is 2.96. The first kappa shape index (κ1) is 11.6. The van der Waals surface area contributed by atoms with Crippen molar-refractivity contribution in [1.82, 2.24) is 0 Å². The van der Waals surface area contributed by atoms with Gasteiger partial charge in [-0.3, -0.25) is 0 Å². The van der Waals surface area contributed by atoms with Gasteiger partial charge in [0.05, 0.1) is 0 Å². The van der Waals surface area contributed by atoms with Gasteiger partial charge >= 0.3 is 6.18 Å². The van der Waals surface area contributed by atoms with Crippen molar-refractivity contribution in [1.29, 1.82) is 0 Å². The molecular formula is C9H4F6. The molecular weight excluding hydrogens is 222 g/mol. The highest BCUT2D eigenvalue weighted by Gasteiger charge is 2.38. The molecule has 0 aromatic heterocycles. The summed E-state index contributed by atoms with van der Waals surface area (Å²) >= 11 is 0. The molecule has 0 radical (unpaired) electrons. The summed E-state index contributed by atoms with van der Waals surface area (Å²) < 4.78 is 74.6. The third-order valence-corrected chi connectivity index (χ3v) is 1.70. The fourth-order valence-corrected chi connectivity index (χ4v) is 1.06. The number of hydrogen-bond acceptors (Lipinski definition) is 0. The first-order valence-corrected chi connectivity index (χ1v) is 3.66. The Morgan fingerprint density at radius 1 is 1.07 bits per heavy atom. The summed E-state index contributed by atoms with van der Waals surface area (Å²) in [6, 6.07) is 0.244. The lowest BCUT2D eigenvalue weighted by atomic mass is 10.1. The van der Waals surface area contributed by atoms with E-state index in [2.05, 4.69) is 6.58 Å². The zero-order valence-corrected chi connectivity index (χ0v) is 7.13. The molecule has 0 unspecified atom stereocenters. The molecule has 15 heavy (non-hydrogen) atoms. The Morgan fingerprint density at radius 3 is 2.00 bits per heavy atom. The van der Waals surface area contributed by atoms with E-state index >= 15 is 0 Å². The Kier molecular flexibility index (Phi) is 2.79. The second kappa shape index (κ2) is 3.60. The molecule has 0 saturated carbocycles. The van der Waals surface area contributed by atoms with Crippen LogP contribution in [-0.2, 0) is 6.18 Å². The zero-order chi connectivity index (χ0) is 11.8. The van der Waals surface area contributed by atoms with Crippen LogP contribution < -0.4 is 0 Å². The van der Waals surface area contributed by atoms with E-state index in [1.165, 1.54) is 0 Å². The quantitative estimate of drug-likeness (QED) is 0.505. The fraction of sp³-hybridized carbons (Fsp3) is 0.111. The molecule has 0 aliphatic heterocycles. The Morgan fingerprint density at radius 2 is 1.60 bits per heavy atom. The predicted molar refractivity (Wildman–Crippen MR) is 41.4 cm³/mol. The van der Waals surface area contributed by atoms with Crippen molar-refractivity contribution in [3.63, 3.8) is 0 Å². The molecule has 0 N–H and O–H groups in total. The van der Waals surface area contributed by atoms with E-state index in [1.807, 2.05) is 0 Å². The maximum absolute atomic E-state index is 12.8. The summed E-state index contributed by atoms with van der Waals surface area (Å²) in [5, 5.41) is 0. The minimum Gasteiger partial charge on any atom is -0.204 e. The van der Waals surface area contributed by atoms with Crippen molar-refractivity contribution in [2.24, 2.45) is 0 Å². The van der Waals surface area contributed by atoms with Gasteiger partial charge in [-0.05, 0) is 11.6 Å². The van der Waals surface area contributed by atoms with Gasteiger partial charge in [0, 0.05) is 0 Å². The molecule has 0 heterocycles. The van der Waals surface area contributed by atoms with E-state index in [4.69, 9.17) is 0 Å².